The van der Waals surface area contributed by atoms with Gasteiger partial charge in [-0.15, -0.1) is 0 Å². The Bertz CT molecular complexity index is 740. The minimum atomic E-state index is 0.0421. The van der Waals surface area contributed by atoms with Crippen molar-refractivity contribution < 1.29 is 4.74 Å². The van der Waals surface area contributed by atoms with Gasteiger partial charge < -0.3 is 4.74 Å². The number of hydrogen-bond acceptors (Lipinski definition) is 4. The summed E-state index contributed by atoms with van der Waals surface area (Å²) >= 11 is 5.98. The molecule has 0 aliphatic carbocycles. The Morgan fingerprint density at radius 1 is 1.10 bits per heavy atom. The van der Waals surface area contributed by atoms with Gasteiger partial charge in [-0.2, -0.15) is 10.5 Å². The molecule has 1 aromatic heterocycles. The number of nitrogens with zero attached hydrogens (tertiary/aromatic N) is 3. The van der Waals surface area contributed by atoms with Gasteiger partial charge >= 0.3 is 0 Å². The van der Waals surface area contributed by atoms with Gasteiger partial charge in [0.25, 0.3) is 0 Å². The maximum absolute atomic E-state index is 9.20. The number of pyridine rings is 1. The van der Waals surface area contributed by atoms with Crippen molar-refractivity contribution in [2.45, 2.75) is 6.92 Å². The van der Waals surface area contributed by atoms with Gasteiger partial charge in [-0.25, -0.2) is 4.98 Å². The molecule has 0 radical (unpaired) electrons. The molecule has 0 saturated carbocycles. The fourth-order valence-corrected chi connectivity index (χ4v) is 2.14. The predicted octanol–water partition coefficient (Wildman–Crippen LogP) is 3.46. The zero-order valence-electron chi connectivity index (χ0n) is 10.9. The molecule has 2 rings (SSSR count). The average molecular weight is 284 g/mol. The number of hydrogen-bond donors (Lipinski definition) is 0. The van der Waals surface area contributed by atoms with E-state index in [9.17, 15) is 5.26 Å². The third-order valence-corrected chi connectivity index (χ3v) is 3.26. The molecular weight excluding hydrogens is 274 g/mol. The Balaban J connectivity index is 2.66. The quantitative estimate of drug-likeness (QED) is 0.791. The SMILES string of the molecule is COc1ccc(-c2nc(Cl)c(C#N)c(C#N)c2C)cc1. The molecule has 0 aliphatic heterocycles. The molecule has 0 amide bonds. The summed E-state index contributed by atoms with van der Waals surface area (Å²) in [5.41, 5.74) is 2.42. The number of aromatic nitrogens is 1. The van der Waals surface area contributed by atoms with E-state index < -0.39 is 0 Å². The van der Waals surface area contributed by atoms with Gasteiger partial charge in [-0.1, -0.05) is 11.6 Å². The van der Waals surface area contributed by atoms with Crippen LogP contribution in [-0.4, -0.2) is 12.1 Å². The first-order chi connectivity index (χ1) is 9.62. The van der Waals surface area contributed by atoms with Gasteiger partial charge in [-0.3, -0.25) is 0 Å². The number of benzene rings is 1. The van der Waals surface area contributed by atoms with Crippen molar-refractivity contribution in [2.24, 2.45) is 0 Å². The van der Waals surface area contributed by atoms with E-state index >= 15 is 0 Å². The zero-order valence-corrected chi connectivity index (χ0v) is 11.7. The van der Waals surface area contributed by atoms with Crippen molar-refractivity contribution in [1.82, 2.24) is 4.98 Å². The van der Waals surface area contributed by atoms with Gasteiger partial charge in [0.15, 0.2) is 0 Å². The highest BCUT2D eigenvalue weighted by Gasteiger charge is 2.16. The van der Waals surface area contributed by atoms with Crippen LogP contribution in [0, 0.1) is 29.6 Å². The summed E-state index contributed by atoms with van der Waals surface area (Å²) in [7, 11) is 1.59. The number of halogens is 1. The lowest BCUT2D eigenvalue weighted by Crippen LogP contribution is -1.98. The summed E-state index contributed by atoms with van der Waals surface area (Å²) in [6, 6.07) is 11.2. The standard InChI is InChI=1S/C15H10ClN3O/c1-9-12(7-17)13(8-18)15(16)19-14(9)10-3-5-11(20-2)6-4-10/h3-6H,1-2H3. The van der Waals surface area contributed by atoms with E-state index in [1.165, 1.54) is 0 Å². The molecule has 0 N–H and O–H groups in total. The number of ether oxygens (including phenoxy) is 1. The second-order valence-electron chi connectivity index (χ2n) is 4.08. The molecule has 0 unspecified atom stereocenters. The molecule has 0 spiro atoms. The zero-order chi connectivity index (χ0) is 14.7. The Morgan fingerprint density at radius 2 is 1.70 bits per heavy atom. The lowest BCUT2D eigenvalue weighted by molar-refractivity contribution is 0.415. The van der Waals surface area contributed by atoms with Crippen molar-refractivity contribution >= 4 is 11.6 Å². The van der Waals surface area contributed by atoms with Crippen molar-refractivity contribution in [1.29, 1.82) is 10.5 Å². The fourth-order valence-electron chi connectivity index (χ4n) is 1.92. The normalized spacial score (nSPS) is 9.65. The fraction of sp³-hybridized carbons (Fsp3) is 0.133. The van der Waals surface area contributed by atoms with Crippen LogP contribution < -0.4 is 4.74 Å². The largest absolute Gasteiger partial charge is 0.497 e. The highest BCUT2D eigenvalue weighted by Crippen LogP contribution is 2.30. The van der Waals surface area contributed by atoms with Gasteiger partial charge in [0.2, 0.25) is 0 Å². The van der Waals surface area contributed by atoms with Crippen molar-refractivity contribution in [3.05, 3.63) is 46.1 Å². The second kappa shape index (κ2) is 5.61. The summed E-state index contributed by atoms with van der Waals surface area (Å²) in [6.07, 6.45) is 0. The molecular formula is C15H10ClN3O. The summed E-state index contributed by atoms with van der Waals surface area (Å²) in [5.74, 6) is 0.728. The molecule has 1 aromatic carbocycles. The van der Waals surface area contributed by atoms with Gasteiger partial charge in [0.1, 0.15) is 28.6 Å². The molecule has 0 saturated heterocycles. The first-order valence-corrected chi connectivity index (χ1v) is 6.15. The molecule has 5 heteroatoms. The average Bonchev–Trinajstić information content (AvgIpc) is 2.48. The Labute approximate surface area is 121 Å². The van der Waals surface area contributed by atoms with E-state index in [1.54, 1.807) is 26.2 Å². The maximum Gasteiger partial charge on any atom is 0.148 e. The lowest BCUT2D eigenvalue weighted by atomic mass is 9.99. The second-order valence-corrected chi connectivity index (χ2v) is 4.44. The van der Waals surface area contributed by atoms with Crippen LogP contribution in [0.25, 0.3) is 11.3 Å². The smallest absolute Gasteiger partial charge is 0.148 e. The maximum atomic E-state index is 9.20. The van der Waals surface area contributed by atoms with Crippen LogP contribution in [-0.2, 0) is 0 Å². The van der Waals surface area contributed by atoms with Gasteiger partial charge in [-0.05, 0) is 36.8 Å². The highest BCUT2D eigenvalue weighted by atomic mass is 35.5. The summed E-state index contributed by atoms with van der Waals surface area (Å²) < 4.78 is 5.10. The monoisotopic (exact) mass is 283 g/mol. The van der Waals surface area contributed by atoms with E-state index in [4.69, 9.17) is 21.6 Å². The molecule has 2 aromatic rings. The molecule has 4 nitrogen and oxygen atoms in total. The number of methoxy groups -OCH3 is 1. The van der Waals surface area contributed by atoms with Gasteiger partial charge in [0, 0.05) is 5.56 Å². The van der Waals surface area contributed by atoms with Crippen LogP contribution in [0.4, 0.5) is 0 Å². The molecule has 1 heterocycles. The molecule has 0 aliphatic rings. The first kappa shape index (κ1) is 13.9. The van der Waals surface area contributed by atoms with Crippen LogP contribution in [0.1, 0.15) is 16.7 Å². The molecule has 0 fully saturated rings. The summed E-state index contributed by atoms with van der Waals surface area (Å²) in [6.45, 7) is 1.75. The van der Waals surface area contributed by atoms with Gasteiger partial charge in [0.05, 0.1) is 18.4 Å². The number of nitriles is 2. The van der Waals surface area contributed by atoms with Crippen LogP contribution in [0.2, 0.25) is 5.15 Å². The first-order valence-electron chi connectivity index (χ1n) is 5.77. The Morgan fingerprint density at radius 3 is 2.20 bits per heavy atom. The van der Waals surface area contributed by atoms with Crippen LogP contribution in [0.5, 0.6) is 5.75 Å². The van der Waals surface area contributed by atoms with Crippen molar-refractivity contribution in [2.75, 3.05) is 7.11 Å². The third-order valence-electron chi connectivity index (χ3n) is 2.98. The minimum absolute atomic E-state index is 0.0421. The predicted molar refractivity (Wildman–Crippen MR) is 75.4 cm³/mol. The molecule has 0 atom stereocenters. The van der Waals surface area contributed by atoms with E-state index in [1.807, 2.05) is 24.3 Å². The Kier molecular flexibility index (Phi) is 3.89. The highest BCUT2D eigenvalue weighted by molar-refractivity contribution is 6.30. The van der Waals surface area contributed by atoms with E-state index in [0.29, 0.717) is 11.3 Å². The van der Waals surface area contributed by atoms with Crippen molar-refractivity contribution in [3.63, 3.8) is 0 Å². The Hall–Kier alpha value is -2.56. The lowest BCUT2D eigenvalue weighted by Gasteiger charge is -2.10. The van der Waals surface area contributed by atoms with E-state index in [-0.39, 0.29) is 16.3 Å². The molecule has 20 heavy (non-hydrogen) atoms. The third kappa shape index (κ3) is 2.30. The van der Waals surface area contributed by atoms with Crippen LogP contribution >= 0.6 is 11.6 Å². The van der Waals surface area contributed by atoms with Crippen molar-refractivity contribution in [3.8, 4) is 29.1 Å². The van der Waals surface area contributed by atoms with Crippen LogP contribution in [0.15, 0.2) is 24.3 Å². The summed E-state index contributed by atoms with van der Waals surface area (Å²) in [5, 5.41) is 18.3. The van der Waals surface area contributed by atoms with Crippen LogP contribution in [0.3, 0.4) is 0 Å². The topological polar surface area (TPSA) is 69.7 Å². The van der Waals surface area contributed by atoms with E-state index in [0.717, 1.165) is 11.3 Å². The van der Waals surface area contributed by atoms with E-state index in [2.05, 4.69) is 4.98 Å². The minimum Gasteiger partial charge on any atom is -0.497 e. The molecule has 0 bridgehead atoms. The number of rotatable bonds is 2. The summed E-state index contributed by atoms with van der Waals surface area (Å²) in [4.78, 5) is 4.23. The molecule has 98 valence electrons.